The average molecular weight is 471 g/mol. The first kappa shape index (κ1) is 23.0. The van der Waals surface area contributed by atoms with Crippen molar-refractivity contribution in [2.45, 2.75) is 37.5 Å². The molecular formula is C21H24Cl2N2O4S. The number of ether oxygens (including phenoxy) is 1. The fraction of sp³-hybridized carbons (Fsp3) is 0.381. The highest BCUT2D eigenvalue weighted by Gasteiger charge is 2.32. The number of sulfonamides is 1. The van der Waals surface area contributed by atoms with Crippen LogP contribution in [-0.2, 0) is 21.3 Å². The van der Waals surface area contributed by atoms with Gasteiger partial charge < -0.3 is 9.64 Å². The Labute approximate surface area is 187 Å². The normalized spacial score (nSPS) is 20.2. The van der Waals surface area contributed by atoms with Gasteiger partial charge in [-0.15, -0.1) is 0 Å². The van der Waals surface area contributed by atoms with E-state index in [1.807, 2.05) is 13.8 Å². The van der Waals surface area contributed by atoms with Crippen LogP contribution in [0.15, 0.2) is 47.4 Å². The van der Waals surface area contributed by atoms with E-state index in [0.717, 1.165) is 5.56 Å². The van der Waals surface area contributed by atoms with E-state index >= 15 is 0 Å². The molecule has 2 atom stereocenters. The van der Waals surface area contributed by atoms with Crippen molar-refractivity contribution in [3.8, 4) is 0 Å². The molecule has 0 N–H and O–H groups in total. The third kappa shape index (κ3) is 5.15. The van der Waals surface area contributed by atoms with E-state index in [-0.39, 0.29) is 48.2 Å². The van der Waals surface area contributed by atoms with Crippen LogP contribution in [0.4, 0.5) is 0 Å². The fourth-order valence-corrected chi connectivity index (χ4v) is 5.57. The van der Waals surface area contributed by atoms with Crippen LogP contribution >= 0.6 is 23.2 Å². The minimum absolute atomic E-state index is 0.0903. The first-order chi connectivity index (χ1) is 14.1. The first-order valence-corrected chi connectivity index (χ1v) is 11.7. The van der Waals surface area contributed by atoms with Crippen LogP contribution in [0.5, 0.6) is 0 Å². The standard InChI is InChI=1S/C21H24Cl2N2O4S/c1-14-11-25(12-15(2)29-14)30(27,28)19-6-4-5-16(9-19)21(26)24(3)13-17-7-8-18(22)10-20(17)23/h4-10,14-15H,11-13H2,1-3H3. The predicted molar refractivity (Wildman–Crippen MR) is 117 cm³/mol. The maximum atomic E-state index is 13.1. The summed E-state index contributed by atoms with van der Waals surface area (Å²) in [5, 5.41) is 0.983. The lowest BCUT2D eigenvalue weighted by molar-refractivity contribution is -0.0440. The molecule has 0 aromatic heterocycles. The minimum Gasteiger partial charge on any atom is -0.373 e. The molecule has 9 heteroatoms. The lowest BCUT2D eigenvalue weighted by atomic mass is 10.1. The number of carbonyl (C=O) groups excluding carboxylic acids is 1. The second-order valence-electron chi connectivity index (χ2n) is 7.50. The summed E-state index contributed by atoms with van der Waals surface area (Å²) in [6, 6.07) is 11.2. The van der Waals surface area contributed by atoms with Crippen molar-refractivity contribution < 1.29 is 17.9 Å². The highest BCUT2D eigenvalue weighted by atomic mass is 35.5. The third-order valence-electron chi connectivity index (χ3n) is 4.87. The third-order valence-corrected chi connectivity index (χ3v) is 7.29. The molecule has 0 spiro atoms. The Kier molecular flexibility index (Phi) is 7.09. The van der Waals surface area contributed by atoms with Gasteiger partial charge in [0.25, 0.3) is 5.91 Å². The van der Waals surface area contributed by atoms with Gasteiger partial charge in [-0.25, -0.2) is 8.42 Å². The monoisotopic (exact) mass is 470 g/mol. The number of carbonyl (C=O) groups is 1. The van der Waals surface area contributed by atoms with Crippen molar-refractivity contribution in [2.24, 2.45) is 0 Å². The van der Waals surface area contributed by atoms with Gasteiger partial charge in [0, 0.05) is 42.3 Å². The number of morpholine rings is 1. The van der Waals surface area contributed by atoms with Gasteiger partial charge in [0.1, 0.15) is 0 Å². The molecule has 1 heterocycles. The summed E-state index contributed by atoms with van der Waals surface area (Å²) >= 11 is 12.1. The number of benzene rings is 2. The summed E-state index contributed by atoms with van der Waals surface area (Å²) in [6.45, 7) is 4.51. The highest BCUT2D eigenvalue weighted by Crippen LogP contribution is 2.24. The summed E-state index contributed by atoms with van der Waals surface area (Å²) in [5.41, 5.74) is 1.04. The van der Waals surface area contributed by atoms with Crippen molar-refractivity contribution in [2.75, 3.05) is 20.1 Å². The fourth-order valence-electron chi connectivity index (χ4n) is 3.46. The molecule has 0 radical (unpaired) electrons. The van der Waals surface area contributed by atoms with E-state index in [1.165, 1.54) is 21.3 Å². The number of nitrogens with zero attached hydrogens (tertiary/aromatic N) is 2. The van der Waals surface area contributed by atoms with Crippen molar-refractivity contribution in [3.05, 3.63) is 63.6 Å². The van der Waals surface area contributed by atoms with Gasteiger partial charge >= 0.3 is 0 Å². The molecular weight excluding hydrogens is 447 g/mol. The van der Waals surface area contributed by atoms with E-state index in [2.05, 4.69) is 0 Å². The summed E-state index contributed by atoms with van der Waals surface area (Å²) in [4.78, 5) is 14.5. The van der Waals surface area contributed by atoms with E-state index < -0.39 is 10.0 Å². The number of halogens is 2. The first-order valence-electron chi connectivity index (χ1n) is 9.53. The van der Waals surface area contributed by atoms with Crippen molar-refractivity contribution in [1.82, 2.24) is 9.21 Å². The number of hydrogen-bond acceptors (Lipinski definition) is 4. The van der Waals surface area contributed by atoms with Crippen LogP contribution in [0.25, 0.3) is 0 Å². The zero-order chi connectivity index (χ0) is 22.1. The van der Waals surface area contributed by atoms with Crippen LogP contribution in [0, 0.1) is 0 Å². The van der Waals surface area contributed by atoms with Gasteiger partial charge in [0.15, 0.2) is 0 Å². The van der Waals surface area contributed by atoms with Gasteiger partial charge in [-0.2, -0.15) is 4.31 Å². The molecule has 0 saturated carbocycles. The Morgan fingerprint density at radius 1 is 1.13 bits per heavy atom. The van der Waals surface area contributed by atoms with E-state index in [9.17, 15) is 13.2 Å². The molecule has 3 rings (SSSR count). The second-order valence-corrected chi connectivity index (χ2v) is 10.3. The summed E-state index contributed by atoms with van der Waals surface area (Å²) in [7, 11) is -2.09. The molecule has 1 saturated heterocycles. The van der Waals surface area contributed by atoms with Crippen LogP contribution in [0.2, 0.25) is 10.0 Å². The average Bonchev–Trinajstić information content (AvgIpc) is 2.68. The molecule has 2 aromatic carbocycles. The number of hydrogen-bond donors (Lipinski definition) is 0. The predicted octanol–water partition coefficient (Wildman–Crippen LogP) is 4.06. The Morgan fingerprint density at radius 2 is 1.80 bits per heavy atom. The topological polar surface area (TPSA) is 66.9 Å². The van der Waals surface area contributed by atoms with Gasteiger partial charge in [0.2, 0.25) is 10.0 Å². The molecule has 1 fully saturated rings. The van der Waals surface area contributed by atoms with Crippen LogP contribution in [0.3, 0.4) is 0 Å². The van der Waals surface area contributed by atoms with Crippen molar-refractivity contribution >= 4 is 39.1 Å². The number of amides is 1. The lowest BCUT2D eigenvalue weighted by Gasteiger charge is -2.34. The molecule has 2 unspecified atom stereocenters. The quantitative estimate of drug-likeness (QED) is 0.660. The van der Waals surface area contributed by atoms with Gasteiger partial charge in [-0.1, -0.05) is 35.3 Å². The maximum absolute atomic E-state index is 13.1. The molecule has 1 aliphatic rings. The zero-order valence-electron chi connectivity index (χ0n) is 17.0. The molecule has 1 aliphatic heterocycles. The van der Waals surface area contributed by atoms with Crippen molar-refractivity contribution in [1.29, 1.82) is 0 Å². The Morgan fingerprint density at radius 3 is 2.43 bits per heavy atom. The molecule has 30 heavy (non-hydrogen) atoms. The van der Waals surface area contributed by atoms with Crippen molar-refractivity contribution in [3.63, 3.8) is 0 Å². The van der Waals surface area contributed by atoms with Gasteiger partial charge in [-0.3, -0.25) is 4.79 Å². The summed E-state index contributed by atoms with van der Waals surface area (Å²) < 4.78 is 33.3. The minimum atomic E-state index is -3.73. The summed E-state index contributed by atoms with van der Waals surface area (Å²) in [5.74, 6) is -0.304. The molecule has 1 amide bonds. The molecule has 0 aliphatic carbocycles. The van der Waals surface area contributed by atoms with Gasteiger partial charge in [0.05, 0.1) is 17.1 Å². The molecule has 2 aromatic rings. The van der Waals surface area contributed by atoms with Crippen LogP contribution in [0.1, 0.15) is 29.8 Å². The lowest BCUT2D eigenvalue weighted by Crippen LogP contribution is -2.48. The highest BCUT2D eigenvalue weighted by molar-refractivity contribution is 7.89. The second kappa shape index (κ2) is 9.24. The molecule has 6 nitrogen and oxygen atoms in total. The molecule has 0 bridgehead atoms. The number of rotatable bonds is 5. The van der Waals surface area contributed by atoms with Crippen LogP contribution in [-0.4, -0.2) is 55.9 Å². The van der Waals surface area contributed by atoms with E-state index in [0.29, 0.717) is 10.0 Å². The largest absolute Gasteiger partial charge is 0.373 e. The van der Waals surface area contributed by atoms with E-state index in [4.69, 9.17) is 27.9 Å². The SMILES string of the molecule is CC1CN(S(=O)(=O)c2cccc(C(=O)N(C)Cc3ccc(Cl)cc3Cl)c2)CC(C)O1. The Bertz CT molecular complexity index is 1040. The summed E-state index contributed by atoms with van der Waals surface area (Å²) in [6.07, 6.45) is -0.382. The maximum Gasteiger partial charge on any atom is 0.253 e. The molecule has 162 valence electrons. The van der Waals surface area contributed by atoms with Crippen LogP contribution < -0.4 is 0 Å². The van der Waals surface area contributed by atoms with E-state index in [1.54, 1.807) is 37.4 Å². The van der Waals surface area contributed by atoms with Gasteiger partial charge in [-0.05, 0) is 49.7 Å². The zero-order valence-corrected chi connectivity index (χ0v) is 19.3. The smallest absolute Gasteiger partial charge is 0.253 e. The Balaban J connectivity index is 1.81. The Hall–Kier alpha value is -1.64.